The van der Waals surface area contributed by atoms with Crippen molar-refractivity contribution in [3.8, 4) is 0 Å². The van der Waals surface area contributed by atoms with Crippen LogP contribution in [0, 0.1) is 0 Å². The number of aliphatic imine (C=N–C) groups is 1. The third-order valence-corrected chi connectivity index (χ3v) is 4.12. The summed E-state index contributed by atoms with van der Waals surface area (Å²) in [5.74, 6) is 0.901. The summed E-state index contributed by atoms with van der Waals surface area (Å²) >= 11 is 5.97. The SMILES string of the molecule is CN=C(NCCCS(C)(=O)=O)N(C)Cc1cccc(Cl)c1.I. The van der Waals surface area contributed by atoms with Gasteiger partial charge in [0.1, 0.15) is 9.84 Å². The maximum atomic E-state index is 11.1. The first-order chi connectivity index (χ1) is 9.81. The maximum absolute atomic E-state index is 11.1. The predicted octanol–water partition coefficient (Wildman–Crippen LogP) is 2.40. The quantitative estimate of drug-likeness (QED) is 0.307. The molecule has 0 heterocycles. The summed E-state index contributed by atoms with van der Waals surface area (Å²) < 4.78 is 22.1. The molecule has 0 saturated heterocycles. The third kappa shape index (κ3) is 8.79. The fraction of sp³-hybridized carbons (Fsp3) is 0.500. The Kier molecular flexibility index (Phi) is 10.0. The van der Waals surface area contributed by atoms with Crippen molar-refractivity contribution in [2.75, 3.05) is 32.6 Å². The van der Waals surface area contributed by atoms with E-state index in [1.54, 1.807) is 7.05 Å². The van der Waals surface area contributed by atoms with Crippen molar-refractivity contribution in [2.45, 2.75) is 13.0 Å². The molecule has 0 radical (unpaired) electrons. The van der Waals surface area contributed by atoms with Gasteiger partial charge in [-0.3, -0.25) is 4.99 Å². The summed E-state index contributed by atoms with van der Waals surface area (Å²) in [7, 11) is 0.715. The second kappa shape index (κ2) is 10.3. The molecule has 126 valence electrons. The van der Waals surface area contributed by atoms with E-state index in [1.165, 1.54) is 6.26 Å². The molecule has 8 heteroatoms. The zero-order valence-corrected chi connectivity index (χ0v) is 16.9. The molecule has 1 rings (SSSR count). The van der Waals surface area contributed by atoms with E-state index in [4.69, 9.17) is 11.6 Å². The largest absolute Gasteiger partial charge is 0.356 e. The van der Waals surface area contributed by atoms with E-state index in [0.717, 1.165) is 11.5 Å². The first-order valence-corrected chi connectivity index (χ1v) is 9.09. The Morgan fingerprint density at radius 1 is 1.41 bits per heavy atom. The van der Waals surface area contributed by atoms with Crippen LogP contribution in [0.3, 0.4) is 0 Å². The number of guanidine groups is 1. The number of benzene rings is 1. The van der Waals surface area contributed by atoms with Crippen molar-refractivity contribution in [1.29, 1.82) is 0 Å². The maximum Gasteiger partial charge on any atom is 0.193 e. The van der Waals surface area contributed by atoms with Gasteiger partial charge in [0.05, 0.1) is 5.75 Å². The van der Waals surface area contributed by atoms with Gasteiger partial charge in [-0.15, -0.1) is 24.0 Å². The topological polar surface area (TPSA) is 61.8 Å². The van der Waals surface area contributed by atoms with Gasteiger partial charge >= 0.3 is 0 Å². The highest BCUT2D eigenvalue weighted by molar-refractivity contribution is 14.0. The standard InChI is InChI=1S/C14H22ClN3O2S.HI/c1-16-14(17-8-5-9-21(3,19)20)18(2)11-12-6-4-7-13(15)10-12;/h4,6-7,10H,5,8-9,11H2,1-3H3,(H,16,17);1H. The minimum Gasteiger partial charge on any atom is -0.356 e. The number of nitrogens with zero attached hydrogens (tertiary/aromatic N) is 2. The Morgan fingerprint density at radius 2 is 2.09 bits per heavy atom. The van der Waals surface area contributed by atoms with Crippen LogP contribution >= 0.6 is 35.6 Å². The highest BCUT2D eigenvalue weighted by Gasteiger charge is 2.07. The molecule has 0 aliphatic rings. The van der Waals surface area contributed by atoms with Crippen molar-refractivity contribution in [1.82, 2.24) is 10.2 Å². The Balaban J connectivity index is 0.00000441. The van der Waals surface area contributed by atoms with Gasteiger partial charge in [0.2, 0.25) is 0 Å². The molecule has 1 aromatic rings. The summed E-state index contributed by atoms with van der Waals surface area (Å²) in [6.07, 6.45) is 1.80. The lowest BCUT2D eigenvalue weighted by Crippen LogP contribution is -2.39. The fourth-order valence-corrected chi connectivity index (χ4v) is 2.78. The van der Waals surface area contributed by atoms with Gasteiger partial charge in [0, 0.05) is 38.5 Å². The molecule has 0 atom stereocenters. The number of rotatable bonds is 6. The van der Waals surface area contributed by atoms with Crippen LogP contribution in [0.25, 0.3) is 0 Å². The van der Waals surface area contributed by atoms with Gasteiger partial charge in [-0.2, -0.15) is 0 Å². The van der Waals surface area contributed by atoms with Crippen molar-refractivity contribution in [2.24, 2.45) is 4.99 Å². The minimum absolute atomic E-state index is 0. The highest BCUT2D eigenvalue weighted by atomic mass is 127. The number of hydrogen-bond donors (Lipinski definition) is 1. The van der Waals surface area contributed by atoms with Crippen molar-refractivity contribution in [3.05, 3.63) is 34.9 Å². The summed E-state index contributed by atoms with van der Waals surface area (Å²) in [4.78, 5) is 6.15. The number of nitrogens with one attached hydrogen (secondary N) is 1. The molecule has 1 N–H and O–H groups in total. The lowest BCUT2D eigenvalue weighted by atomic mass is 10.2. The van der Waals surface area contributed by atoms with Crippen LogP contribution in [0.2, 0.25) is 5.02 Å². The van der Waals surface area contributed by atoms with E-state index in [-0.39, 0.29) is 29.7 Å². The number of sulfone groups is 1. The lowest BCUT2D eigenvalue weighted by molar-refractivity contribution is 0.476. The van der Waals surface area contributed by atoms with Crippen LogP contribution in [0.1, 0.15) is 12.0 Å². The van der Waals surface area contributed by atoms with E-state index in [0.29, 0.717) is 24.5 Å². The molecule has 0 aromatic heterocycles. The number of hydrogen-bond acceptors (Lipinski definition) is 3. The van der Waals surface area contributed by atoms with Crippen molar-refractivity contribution >= 4 is 51.4 Å². The van der Waals surface area contributed by atoms with Gasteiger partial charge in [-0.25, -0.2) is 8.42 Å². The van der Waals surface area contributed by atoms with Crippen LogP contribution in [0.15, 0.2) is 29.3 Å². The first kappa shape index (κ1) is 21.5. The molecule has 0 aliphatic carbocycles. The molecule has 0 fully saturated rings. The Labute approximate surface area is 155 Å². The minimum atomic E-state index is -2.91. The van der Waals surface area contributed by atoms with Crippen LogP contribution in [0.4, 0.5) is 0 Å². The monoisotopic (exact) mass is 459 g/mol. The summed E-state index contributed by atoms with van der Waals surface area (Å²) in [5, 5.41) is 3.86. The van der Waals surface area contributed by atoms with E-state index in [1.807, 2.05) is 36.2 Å². The smallest absolute Gasteiger partial charge is 0.193 e. The molecule has 1 aromatic carbocycles. The number of halogens is 2. The average molecular weight is 460 g/mol. The molecule has 0 amide bonds. The van der Waals surface area contributed by atoms with Crippen LogP contribution in [-0.2, 0) is 16.4 Å². The molecular weight excluding hydrogens is 437 g/mol. The second-order valence-corrected chi connectivity index (χ2v) is 7.64. The molecule has 22 heavy (non-hydrogen) atoms. The Bertz CT molecular complexity index is 594. The molecule has 0 aliphatic heterocycles. The van der Waals surface area contributed by atoms with Crippen molar-refractivity contribution < 1.29 is 8.42 Å². The van der Waals surface area contributed by atoms with Gasteiger partial charge in [0.15, 0.2) is 5.96 Å². The molecule has 0 unspecified atom stereocenters. The van der Waals surface area contributed by atoms with Crippen LogP contribution < -0.4 is 5.32 Å². The molecule has 0 saturated carbocycles. The fourth-order valence-electron chi connectivity index (χ4n) is 1.90. The van der Waals surface area contributed by atoms with Crippen molar-refractivity contribution in [3.63, 3.8) is 0 Å². The Morgan fingerprint density at radius 3 is 2.64 bits per heavy atom. The Hall–Kier alpha value is -0.540. The predicted molar refractivity (Wildman–Crippen MR) is 104 cm³/mol. The normalized spacial score (nSPS) is 11.7. The van der Waals surface area contributed by atoms with E-state index < -0.39 is 9.84 Å². The van der Waals surface area contributed by atoms with Gasteiger partial charge in [-0.1, -0.05) is 23.7 Å². The van der Waals surface area contributed by atoms with E-state index in [2.05, 4.69) is 10.3 Å². The lowest BCUT2D eigenvalue weighted by Gasteiger charge is -2.22. The summed E-state index contributed by atoms with van der Waals surface area (Å²) in [6.45, 7) is 1.24. The zero-order chi connectivity index (χ0) is 15.9. The summed E-state index contributed by atoms with van der Waals surface area (Å²) in [5.41, 5.74) is 1.09. The van der Waals surface area contributed by atoms with Gasteiger partial charge in [-0.05, 0) is 24.1 Å². The zero-order valence-electron chi connectivity index (χ0n) is 13.0. The van der Waals surface area contributed by atoms with E-state index >= 15 is 0 Å². The first-order valence-electron chi connectivity index (χ1n) is 6.66. The van der Waals surface area contributed by atoms with Gasteiger partial charge in [0.25, 0.3) is 0 Å². The summed E-state index contributed by atoms with van der Waals surface area (Å²) in [6, 6.07) is 7.66. The van der Waals surface area contributed by atoms with Gasteiger partial charge < -0.3 is 10.2 Å². The molecular formula is C14H23ClIN3O2S. The highest BCUT2D eigenvalue weighted by Crippen LogP contribution is 2.12. The average Bonchev–Trinajstić information content (AvgIpc) is 2.37. The molecule has 5 nitrogen and oxygen atoms in total. The third-order valence-electron chi connectivity index (χ3n) is 2.86. The molecule has 0 bridgehead atoms. The second-order valence-electron chi connectivity index (χ2n) is 4.94. The van der Waals surface area contributed by atoms with Crippen LogP contribution in [-0.4, -0.2) is 51.9 Å². The molecule has 0 spiro atoms. The van der Waals surface area contributed by atoms with E-state index in [9.17, 15) is 8.42 Å². The van der Waals surface area contributed by atoms with Crippen LogP contribution in [0.5, 0.6) is 0 Å².